The molecule has 0 saturated heterocycles. The molecule has 0 aliphatic carbocycles. The fraction of sp³-hybridized carbons (Fsp3) is 0.769. The number of unbranched alkanes of at least 4 members (excludes halogenated alkanes) is 1. The summed E-state index contributed by atoms with van der Waals surface area (Å²) in [7, 11) is 0. The van der Waals surface area contributed by atoms with Crippen molar-refractivity contribution in [3.8, 4) is 0 Å². The second kappa shape index (κ2) is 10.4. The Kier molecular flexibility index (Phi) is 9.81. The molecule has 0 unspecified atom stereocenters. The van der Waals surface area contributed by atoms with E-state index in [-0.39, 0.29) is 17.6 Å². The zero-order valence-corrected chi connectivity index (χ0v) is 13.5. The van der Waals surface area contributed by atoms with Gasteiger partial charge >= 0.3 is 0 Å². The molecular formula is C13H26N4O3S. The van der Waals surface area contributed by atoms with E-state index < -0.39 is 23.9 Å². The molecule has 0 radical (unpaired) electrons. The van der Waals surface area contributed by atoms with Crippen molar-refractivity contribution in [2.45, 2.75) is 45.2 Å². The zero-order valence-electron chi connectivity index (χ0n) is 12.6. The Balaban J connectivity index is 4.74. The number of hydrogen-bond donors (Lipinski definition) is 5. The van der Waals surface area contributed by atoms with Crippen LogP contribution < -0.4 is 22.1 Å². The average Bonchev–Trinajstić information content (AvgIpc) is 2.42. The number of nitrogens with one attached hydrogen (secondary N) is 2. The van der Waals surface area contributed by atoms with Crippen molar-refractivity contribution in [3.05, 3.63) is 0 Å². The molecule has 2 atom stereocenters. The van der Waals surface area contributed by atoms with Crippen LogP contribution in [-0.4, -0.2) is 42.1 Å². The number of amides is 3. The quantitative estimate of drug-likeness (QED) is 0.266. The van der Waals surface area contributed by atoms with Gasteiger partial charge in [-0.15, -0.1) is 0 Å². The van der Waals surface area contributed by atoms with E-state index in [0.717, 1.165) is 6.42 Å². The first-order chi connectivity index (χ1) is 9.83. The van der Waals surface area contributed by atoms with Crippen molar-refractivity contribution >= 4 is 30.4 Å². The minimum atomic E-state index is -0.762. The van der Waals surface area contributed by atoms with Gasteiger partial charge in [0.15, 0.2) is 0 Å². The Morgan fingerprint density at radius 3 is 2.19 bits per heavy atom. The molecule has 0 rings (SSSR count). The number of carbonyl (C=O) groups excluding carboxylic acids is 3. The number of primary amides is 1. The highest BCUT2D eigenvalue weighted by Crippen LogP contribution is 2.05. The molecule has 6 N–H and O–H groups in total. The summed E-state index contributed by atoms with van der Waals surface area (Å²) in [5, 5.41) is 5.18. The Morgan fingerprint density at radius 2 is 1.76 bits per heavy atom. The van der Waals surface area contributed by atoms with Crippen LogP contribution in [0.5, 0.6) is 0 Å². The SMILES string of the molecule is CC(C)[C@H](NC(=O)[C@H](CCCCN)NC(=O)CS)C(N)=O. The predicted molar refractivity (Wildman–Crippen MR) is 84.7 cm³/mol. The molecule has 0 aliphatic heterocycles. The number of carbonyl (C=O) groups is 3. The normalized spacial score (nSPS) is 13.6. The summed E-state index contributed by atoms with van der Waals surface area (Å²) < 4.78 is 0. The molecule has 7 nitrogen and oxygen atoms in total. The van der Waals surface area contributed by atoms with Gasteiger partial charge in [0.2, 0.25) is 17.7 Å². The van der Waals surface area contributed by atoms with Crippen LogP contribution in [0.1, 0.15) is 33.1 Å². The van der Waals surface area contributed by atoms with Crippen LogP contribution in [-0.2, 0) is 14.4 Å². The Hall–Kier alpha value is -1.28. The van der Waals surface area contributed by atoms with E-state index in [1.807, 2.05) is 0 Å². The monoisotopic (exact) mass is 318 g/mol. The third-order valence-corrected chi connectivity index (χ3v) is 3.30. The van der Waals surface area contributed by atoms with Crippen LogP contribution in [0.2, 0.25) is 0 Å². The van der Waals surface area contributed by atoms with Gasteiger partial charge in [-0.3, -0.25) is 14.4 Å². The first-order valence-electron chi connectivity index (χ1n) is 7.03. The maximum Gasteiger partial charge on any atom is 0.243 e. The van der Waals surface area contributed by atoms with Gasteiger partial charge in [0.05, 0.1) is 5.75 Å². The second-order valence-electron chi connectivity index (χ2n) is 5.20. The van der Waals surface area contributed by atoms with Gasteiger partial charge in [-0.25, -0.2) is 0 Å². The number of nitrogens with two attached hydrogens (primary N) is 2. The molecule has 3 amide bonds. The van der Waals surface area contributed by atoms with Crippen LogP contribution in [0.25, 0.3) is 0 Å². The lowest BCUT2D eigenvalue weighted by Crippen LogP contribution is -2.54. The van der Waals surface area contributed by atoms with Gasteiger partial charge in [0.1, 0.15) is 12.1 Å². The molecule has 0 bridgehead atoms. The number of thiol groups is 1. The molecule has 122 valence electrons. The molecular weight excluding hydrogens is 292 g/mol. The minimum Gasteiger partial charge on any atom is -0.368 e. The van der Waals surface area contributed by atoms with Gasteiger partial charge in [0, 0.05) is 0 Å². The van der Waals surface area contributed by atoms with E-state index in [1.54, 1.807) is 13.8 Å². The molecule has 0 saturated carbocycles. The summed E-state index contributed by atoms with van der Waals surface area (Å²) in [6.07, 6.45) is 1.90. The van der Waals surface area contributed by atoms with E-state index in [9.17, 15) is 14.4 Å². The summed E-state index contributed by atoms with van der Waals surface area (Å²) in [6.45, 7) is 4.08. The van der Waals surface area contributed by atoms with Crippen molar-refractivity contribution < 1.29 is 14.4 Å². The van der Waals surface area contributed by atoms with Crippen LogP contribution >= 0.6 is 12.6 Å². The van der Waals surface area contributed by atoms with Crippen molar-refractivity contribution in [2.75, 3.05) is 12.3 Å². The maximum atomic E-state index is 12.2. The van der Waals surface area contributed by atoms with Crippen LogP contribution in [0.3, 0.4) is 0 Å². The summed E-state index contributed by atoms with van der Waals surface area (Å²) in [4.78, 5) is 35.0. The van der Waals surface area contributed by atoms with Crippen molar-refractivity contribution in [1.82, 2.24) is 10.6 Å². The number of hydrogen-bond acceptors (Lipinski definition) is 5. The lowest BCUT2D eigenvalue weighted by atomic mass is 10.0. The minimum absolute atomic E-state index is 0.00982. The highest BCUT2D eigenvalue weighted by molar-refractivity contribution is 7.81. The summed E-state index contributed by atoms with van der Waals surface area (Å²) >= 11 is 3.87. The highest BCUT2D eigenvalue weighted by Gasteiger charge is 2.26. The second-order valence-corrected chi connectivity index (χ2v) is 5.51. The third-order valence-electron chi connectivity index (χ3n) is 3.01. The lowest BCUT2D eigenvalue weighted by Gasteiger charge is -2.23. The van der Waals surface area contributed by atoms with Gasteiger partial charge in [0.25, 0.3) is 0 Å². The van der Waals surface area contributed by atoms with Crippen LogP contribution in [0.4, 0.5) is 0 Å². The fourth-order valence-corrected chi connectivity index (χ4v) is 1.91. The topological polar surface area (TPSA) is 127 Å². The first-order valence-corrected chi connectivity index (χ1v) is 7.66. The van der Waals surface area contributed by atoms with E-state index >= 15 is 0 Å². The summed E-state index contributed by atoms with van der Waals surface area (Å²) in [6, 6.07) is -1.47. The van der Waals surface area contributed by atoms with E-state index in [2.05, 4.69) is 23.3 Å². The Labute approximate surface area is 131 Å². The smallest absolute Gasteiger partial charge is 0.243 e. The maximum absolute atomic E-state index is 12.2. The Morgan fingerprint density at radius 1 is 1.14 bits per heavy atom. The zero-order chi connectivity index (χ0) is 16.4. The first kappa shape index (κ1) is 19.7. The van der Waals surface area contributed by atoms with E-state index in [4.69, 9.17) is 11.5 Å². The average molecular weight is 318 g/mol. The fourth-order valence-electron chi connectivity index (χ4n) is 1.82. The molecule has 0 aromatic carbocycles. The molecule has 21 heavy (non-hydrogen) atoms. The van der Waals surface area contributed by atoms with Crippen LogP contribution in [0.15, 0.2) is 0 Å². The molecule has 8 heteroatoms. The number of rotatable bonds is 10. The third kappa shape index (κ3) is 7.91. The Bertz CT molecular complexity index is 363. The van der Waals surface area contributed by atoms with Crippen molar-refractivity contribution in [3.63, 3.8) is 0 Å². The van der Waals surface area contributed by atoms with Gasteiger partial charge in [-0.05, 0) is 31.7 Å². The van der Waals surface area contributed by atoms with Gasteiger partial charge in [-0.2, -0.15) is 12.6 Å². The van der Waals surface area contributed by atoms with Crippen molar-refractivity contribution in [2.24, 2.45) is 17.4 Å². The predicted octanol–water partition coefficient (Wildman–Crippen LogP) is -0.844. The molecule has 0 aliphatic rings. The van der Waals surface area contributed by atoms with E-state index in [0.29, 0.717) is 19.4 Å². The molecule has 0 fully saturated rings. The van der Waals surface area contributed by atoms with Gasteiger partial charge in [-0.1, -0.05) is 13.8 Å². The summed E-state index contributed by atoms with van der Waals surface area (Å²) in [5.74, 6) is -1.49. The molecule has 0 aromatic heterocycles. The standard InChI is InChI=1S/C13H26N4O3S/c1-8(2)11(12(15)19)17-13(20)9(5-3-4-6-14)16-10(18)7-21/h8-9,11,21H,3-7,14H2,1-2H3,(H2,15,19)(H,16,18)(H,17,20)/t9-,11-/m0/s1. The lowest BCUT2D eigenvalue weighted by molar-refractivity contribution is -0.131. The summed E-state index contributed by atoms with van der Waals surface area (Å²) in [5.41, 5.74) is 10.7. The van der Waals surface area contributed by atoms with Crippen LogP contribution in [0, 0.1) is 5.92 Å². The highest BCUT2D eigenvalue weighted by atomic mass is 32.1. The van der Waals surface area contributed by atoms with Crippen molar-refractivity contribution in [1.29, 1.82) is 0 Å². The molecule has 0 spiro atoms. The van der Waals surface area contributed by atoms with E-state index in [1.165, 1.54) is 0 Å². The van der Waals surface area contributed by atoms with Gasteiger partial charge < -0.3 is 22.1 Å². The largest absolute Gasteiger partial charge is 0.368 e. The molecule has 0 aromatic rings. The molecule has 0 heterocycles.